The van der Waals surface area contributed by atoms with Crippen molar-refractivity contribution in [3.63, 3.8) is 0 Å². The number of carbonyl (C=O) groups is 2. The molecule has 0 N–H and O–H groups in total. The number of Topliss-reactive ketones (excluding diaryl/α,β-unsaturated/α-hetero) is 1. The van der Waals surface area contributed by atoms with E-state index in [-0.39, 0.29) is 5.78 Å². The second-order valence-corrected chi connectivity index (χ2v) is 4.94. The molecule has 2 rings (SSSR count). The van der Waals surface area contributed by atoms with Crippen molar-refractivity contribution in [2.45, 2.75) is 6.92 Å². The van der Waals surface area contributed by atoms with Crippen molar-refractivity contribution in [1.82, 2.24) is 0 Å². The van der Waals surface area contributed by atoms with E-state index in [0.29, 0.717) is 28.4 Å². The molecule has 0 spiro atoms. The summed E-state index contributed by atoms with van der Waals surface area (Å²) in [7, 11) is 3.11. The van der Waals surface area contributed by atoms with Crippen molar-refractivity contribution in [3.8, 4) is 17.2 Å². The van der Waals surface area contributed by atoms with Gasteiger partial charge in [0.1, 0.15) is 17.2 Å². The summed E-state index contributed by atoms with van der Waals surface area (Å²) in [5.74, 6) is 1.06. The van der Waals surface area contributed by atoms with E-state index in [9.17, 15) is 9.59 Å². The van der Waals surface area contributed by atoms with Gasteiger partial charge < -0.3 is 14.2 Å². The van der Waals surface area contributed by atoms with Gasteiger partial charge in [0.2, 0.25) is 0 Å². The number of hydrogen-bond acceptors (Lipinski definition) is 5. The molecule has 5 heteroatoms. The number of rotatable bonds is 6. The van der Waals surface area contributed by atoms with Gasteiger partial charge in [-0.1, -0.05) is 0 Å². The number of ether oxygens (including phenoxy) is 3. The monoisotopic (exact) mass is 326 g/mol. The van der Waals surface area contributed by atoms with Crippen LogP contribution in [0.4, 0.5) is 0 Å². The van der Waals surface area contributed by atoms with Crippen molar-refractivity contribution in [2.24, 2.45) is 0 Å². The standard InChI is InChI=1S/C19H18O5/c1-13(20)14-4-7-16(8-5-14)24-19(21)11-6-15-12-17(22-2)9-10-18(15)23-3/h4-12H,1-3H3. The van der Waals surface area contributed by atoms with Gasteiger partial charge in [0.15, 0.2) is 5.78 Å². The van der Waals surface area contributed by atoms with Gasteiger partial charge in [-0.05, 0) is 55.5 Å². The molecule has 0 unspecified atom stereocenters. The smallest absolute Gasteiger partial charge is 0.336 e. The summed E-state index contributed by atoms with van der Waals surface area (Å²) in [4.78, 5) is 23.1. The lowest BCUT2D eigenvalue weighted by Crippen LogP contribution is -2.04. The molecule has 0 saturated heterocycles. The minimum atomic E-state index is -0.532. The van der Waals surface area contributed by atoms with Crippen LogP contribution in [0.2, 0.25) is 0 Å². The van der Waals surface area contributed by atoms with Gasteiger partial charge in [0.25, 0.3) is 0 Å². The maximum absolute atomic E-state index is 11.9. The fourth-order valence-corrected chi connectivity index (χ4v) is 2.04. The minimum Gasteiger partial charge on any atom is -0.497 e. The number of hydrogen-bond donors (Lipinski definition) is 0. The molecule has 0 atom stereocenters. The maximum Gasteiger partial charge on any atom is 0.336 e. The second-order valence-electron chi connectivity index (χ2n) is 4.94. The predicted molar refractivity (Wildman–Crippen MR) is 90.7 cm³/mol. The van der Waals surface area contributed by atoms with Crippen LogP contribution >= 0.6 is 0 Å². The van der Waals surface area contributed by atoms with Crippen molar-refractivity contribution in [3.05, 3.63) is 59.7 Å². The Kier molecular flexibility index (Phi) is 5.73. The Labute approximate surface area is 140 Å². The van der Waals surface area contributed by atoms with Gasteiger partial charge in [-0.15, -0.1) is 0 Å². The first-order chi connectivity index (χ1) is 11.5. The Morgan fingerprint density at radius 1 is 0.917 bits per heavy atom. The first-order valence-electron chi connectivity index (χ1n) is 7.26. The zero-order valence-electron chi connectivity index (χ0n) is 13.7. The molecule has 0 aliphatic carbocycles. The molecule has 0 saturated carbocycles. The number of methoxy groups -OCH3 is 2. The molecule has 2 aromatic carbocycles. The van der Waals surface area contributed by atoms with Gasteiger partial charge in [-0.2, -0.15) is 0 Å². The van der Waals surface area contributed by atoms with Crippen LogP contribution in [0, 0.1) is 0 Å². The van der Waals surface area contributed by atoms with Crippen LogP contribution in [0.5, 0.6) is 17.2 Å². The number of ketones is 1. The van der Waals surface area contributed by atoms with Gasteiger partial charge >= 0.3 is 5.97 Å². The fraction of sp³-hybridized carbons (Fsp3) is 0.158. The Morgan fingerprint density at radius 3 is 2.17 bits per heavy atom. The lowest BCUT2D eigenvalue weighted by Gasteiger charge is -2.07. The molecule has 124 valence electrons. The van der Waals surface area contributed by atoms with E-state index >= 15 is 0 Å². The van der Waals surface area contributed by atoms with Gasteiger partial charge in [0, 0.05) is 17.2 Å². The molecular formula is C19H18O5. The maximum atomic E-state index is 11.9. The molecule has 0 aliphatic rings. The first-order valence-corrected chi connectivity index (χ1v) is 7.26. The first kappa shape index (κ1) is 17.3. The predicted octanol–water partition coefficient (Wildman–Crippen LogP) is 3.53. The van der Waals surface area contributed by atoms with Crippen molar-refractivity contribution in [1.29, 1.82) is 0 Å². The molecule has 2 aromatic rings. The molecule has 24 heavy (non-hydrogen) atoms. The Hall–Kier alpha value is -3.08. The third kappa shape index (κ3) is 4.46. The van der Waals surface area contributed by atoms with Crippen molar-refractivity contribution in [2.75, 3.05) is 14.2 Å². The van der Waals surface area contributed by atoms with Crippen LogP contribution in [0.1, 0.15) is 22.8 Å². The molecule has 0 aromatic heterocycles. The fourth-order valence-electron chi connectivity index (χ4n) is 2.04. The Balaban J connectivity index is 2.08. The highest BCUT2D eigenvalue weighted by molar-refractivity contribution is 5.94. The van der Waals surface area contributed by atoms with Crippen LogP contribution in [-0.4, -0.2) is 26.0 Å². The van der Waals surface area contributed by atoms with E-state index in [1.807, 2.05) is 0 Å². The van der Waals surface area contributed by atoms with Crippen LogP contribution in [-0.2, 0) is 4.79 Å². The summed E-state index contributed by atoms with van der Waals surface area (Å²) in [6, 6.07) is 11.7. The normalized spacial score (nSPS) is 10.5. The van der Waals surface area contributed by atoms with Crippen LogP contribution in [0.25, 0.3) is 6.08 Å². The number of esters is 1. The number of carbonyl (C=O) groups excluding carboxylic acids is 2. The summed E-state index contributed by atoms with van der Waals surface area (Å²) in [5.41, 5.74) is 1.26. The van der Waals surface area contributed by atoms with E-state index < -0.39 is 5.97 Å². The van der Waals surface area contributed by atoms with Gasteiger partial charge in [-0.25, -0.2) is 4.79 Å². The van der Waals surface area contributed by atoms with Crippen LogP contribution in [0.3, 0.4) is 0 Å². The topological polar surface area (TPSA) is 61.8 Å². The van der Waals surface area contributed by atoms with E-state index in [2.05, 4.69) is 0 Å². The summed E-state index contributed by atoms with van der Waals surface area (Å²) in [5, 5.41) is 0. The van der Waals surface area contributed by atoms with Crippen LogP contribution < -0.4 is 14.2 Å². The molecule has 0 aliphatic heterocycles. The van der Waals surface area contributed by atoms with Gasteiger partial charge in [-0.3, -0.25) is 4.79 Å². The van der Waals surface area contributed by atoms with E-state index in [1.54, 1.807) is 62.8 Å². The lowest BCUT2D eigenvalue weighted by molar-refractivity contribution is -0.128. The zero-order chi connectivity index (χ0) is 17.5. The summed E-state index contributed by atoms with van der Waals surface area (Å²) in [6.45, 7) is 1.48. The van der Waals surface area contributed by atoms with Crippen molar-refractivity contribution >= 4 is 17.8 Å². The zero-order valence-corrected chi connectivity index (χ0v) is 13.7. The van der Waals surface area contributed by atoms with E-state index in [1.165, 1.54) is 13.0 Å². The minimum absolute atomic E-state index is 0.0436. The van der Waals surface area contributed by atoms with E-state index in [4.69, 9.17) is 14.2 Å². The number of benzene rings is 2. The summed E-state index contributed by atoms with van der Waals surface area (Å²) in [6.07, 6.45) is 2.89. The highest BCUT2D eigenvalue weighted by atomic mass is 16.5. The lowest BCUT2D eigenvalue weighted by atomic mass is 10.1. The Morgan fingerprint density at radius 2 is 1.58 bits per heavy atom. The molecule has 0 amide bonds. The Bertz CT molecular complexity index is 760. The molecular weight excluding hydrogens is 308 g/mol. The summed E-state index contributed by atoms with van der Waals surface area (Å²) < 4.78 is 15.6. The SMILES string of the molecule is COc1ccc(OC)c(C=CC(=O)Oc2ccc(C(C)=O)cc2)c1. The molecule has 5 nitrogen and oxygen atoms in total. The third-order valence-corrected chi connectivity index (χ3v) is 3.32. The highest BCUT2D eigenvalue weighted by Crippen LogP contribution is 2.25. The second kappa shape index (κ2) is 7.97. The van der Waals surface area contributed by atoms with Crippen molar-refractivity contribution < 1.29 is 23.8 Å². The quantitative estimate of drug-likeness (QED) is 0.352. The third-order valence-electron chi connectivity index (χ3n) is 3.32. The average Bonchev–Trinajstić information content (AvgIpc) is 2.60. The molecule has 0 heterocycles. The van der Waals surface area contributed by atoms with E-state index in [0.717, 1.165) is 0 Å². The molecule has 0 bridgehead atoms. The average molecular weight is 326 g/mol. The van der Waals surface area contributed by atoms with Gasteiger partial charge in [0.05, 0.1) is 14.2 Å². The molecule has 0 fully saturated rings. The molecule has 0 radical (unpaired) electrons. The largest absolute Gasteiger partial charge is 0.497 e. The highest BCUT2D eigenvalue weighted by Gasteiger charge is 2.05. The van der Waals surface area contributed by atoms with Crippen LogP contribution in [0.15, 0.2) is 48.5 Å². The summed E-state index contributed by atoms with van der Waals surface area (Å²) >= 11 is 0.